The highest BCUT2D eigenvalue weighted by atomic mass is 32.2. The molecule has 1 atom stereocenters. The van der Waals surface area contributed by atoms with Crippen molar-refractivity contribution < 1.29 is 27.5 Å². The average molecular weight is 501 g/mol. The van der Waals surface area contributed by atoms with E-state index in [-0.39, 0.29) is 19.1 Å². The minimum atomic E-state index is -3.91. The summed E-state index contributed by atoms with van der Waals surface area (Å²) < 4.78 is 35.5. The predicted molar refractivity (Wildman–Crippen MR) is 127 cm³/mol. The van der Waals surface area contributed by atoms with Crippen molar-refractivity contribution in [1.29, 1.82) is 0 Å². The maximum Gasteiger partial charge on any atom is 0.289 e. The van der Waals surface area contributed by atoms with Gasteiger partial charge in [0.2, 0.25) is 11.7 Å². The first kappa shape index (κ1) is 27.0. The average Bonchev–Trinajstić information content (AvgIpc) is 3.35. The quantitative estimate of drug-likeness (QED) is 0.365. The largest absolute Gasteiger partial charge is 0.379 e. The van der Waals surface area contributed by atoms with Gasteiger partial charge in [-0.1, -0.05) is 51.9 Å². The van der Waals surface area contributed by atoms with Crippen molar-refractivity contribution in [1.82, 2.24) is 19.7 Å². The Morgan fingerprint density at radius 2 is 1.68 bits per heavy atom. The maximum atomic E-state index is 13.6. The van der Waals surface area contributed by atoms with Crippen LogP contribution in [0.1, 0.15) is 84.0 Å². The second-order valence-electron chi connectivity index (χ2n) is 9.75. The lowest BCUT2D eigenvalue weighted by Gasteiger charge is -2.39. The van der Waals surface area contributed by atoms with Gasteiger partial charge in [-0.15, -0.1) is 0 Å². The number of carbonyl (C=O) groups is 3. The zero-order valence-electron chi connectivity index (χ0n) is 20.3. The van der Waals surface area contributed by atoms with Crippen LogP contribution in [0.4, 0.5) is 0 Å². The third-order valence-electron chi connectivity index (χ3n) is 7.16. The molecular weight excluding hydrogens is 460 g/mol. The van der Waals surface area contributed by atoms with Crippen LogP contribution in [0.5, 0.6) is 0 Å². The monoisotopic (exact) mass is 500 g/mol. The molecule has 1 heterocycles. The molecule has 34 heavy (non-hydrogen) atoms. The number of ether oxygens (including phenoxy) is 1. The first-order chi connectivity index (χ1) is 16.3. The van der Waals surface area contributed by atoms with Crippen LogP contribution in [-0.4, -0.2) is 74.2 Å². The molecule has 0 radical (unpaired) electrons. The van der Waals surface area contributed by atoms with E-state index in [1.165, 1.54) is 4.31 Å². The number of Topliss-reactive ketones (excluding diaryl/α,β-unsaturated/α-hetero) is 1. The summed E-state index contributed by atoms with van der Waals surface area (Å²) >= 11 is 0. The summed E-state index contributed by atoms with van der Waals surface area (Å²) in [6.07, 6.45) is 8.61. The zero-order valence-corrected chi connectivity index (χ0v) is 21.1. The molecule has 0 aromatic carbocycles. The van der Waals surface area contributed by atoms with Crippen LogP contribution in [0.15, 0.2) is 0 Å². The summed E-state index contributed by atoms with van der Waals surface area (Å²) in [5, 5.41) is 5.58. The Labute approximate surface area is 203 Å². The number of rotatable bonds is 11. The van der Waals surface area contributed by atoms with Gasteiger partial charge < -0.3 is 15.4 Å². The van der Waals surface area contributed by atoms with Crippen LogP contribution < -0.4 is 15.4 Å². The lowest BCUT2D eigenvalue weighted by molar-refractivity contribution is -0.141. The number of hydrogen-bond acceptors (Lipinski definition) is 6. The smallest absolute Gasteiger partial charge is 0.289 e. The second-order valence-corrected chi connectivity index (χ2v) is 11.4. The summed E-state index contributed by atoms with van der Waals surface area (Å²) in [5.41, 5.74) is -1.33. The fourth-order valence-electron chi connectivity index (χ4n) is 5.09. The van der Waals surface area contributed by atoms with E-state index in [0.717, 1.165) is 38.5 Å². The number of ketones is 1. The van der Waals surface area contributed by atoms with E-state index in [9.17, 15) is 22.8 Å². The van der Waals surface area contributed by atoms with Crippen LogP contribution >= 0.6 is 0 Å². The summed E-state index contributed by atoms with van der Waals surface area (Å²) in [4.78, 5) is 39.2. The molecule has 2 amide bonds. The van der Waals surface area contributed by atoms with Crippen molar-refractivity contribution >= 4 is 27.8 Å². The SMILES string of the molecule is CCCCC(NC(=O)C1(NS(=O)(=O)N2CCOCC2)CCCCC1)C(=O)C(=O)NC1CCCC1. The molecule has 0 spiro atoms. The Hall–Kier alpha value is -1.56. The Kier molecular flexibility index (Phi) is 9.87. The van der Waals surface area contributed by atoms with Gasteiger partial charge in [0, 0.05) is 19.1 Å². The highest BCUT2D eigenvalue weighted by molar-refractivity contribution is 7.87. The fraction of sp³-hybridized carbons (Fsp3) is 0.870. The van der Waals surface area contributed by atoms with Gasteiger partial charge in [0.25, 0.3) is 16.1 Å². The zero-order chi connectivity index (χ0) is 24.6. The Morgan fingerprint density at radius 1 is 1.03 bits per heavy atom. The molecule has 2 saturated carbocycles. The molecular formula is C23H40N4O6S. The van der Waals surface area contributed by atoms with Crippen molar-refractivity contribution in [3.05, 3.63) is 0 Å². The molecule has 0 aromatic rings. The highest BCUT2D eigenvalue weighted by Crippen LogP contribution is 2.30. The molecule has 0 bridgehead atoms. The molecule has 1 saturated heterocycles. The number of nitrogens with zero attached hydrogens (tertiary/aromatic N) is 1. The van der Waals surface area contributed by atoms with Gasteiger partial charge >= 0.3 is 0 Å². The van der Waals surface area contributed by atoms with Crippen LogP contribution in [0.25, 0.3) is 0 Å². The second kappa shape index (κ2) is 12.4. The Morgan fingerprint density at radius 3 is 2.29 bits per heavy atom. The van der Waals surface area contributed by atoms with Crippen LogP contribution in [0.2, 0.25) is 0 Å². The van der Waals surface area contributed by atoms with Gasteiger partial charge in [-0.25, -0.2) is 0 Å². The van der Waals surface area contributed by atoms with Crippen molar-refractivity contribution in [3.8, 4) is 0 Å². The summed E-state index contributed by atoms with van der Waals surface area (Å²) in [7, 11) is -3.91. The van der Waals surface area contributed by atoms with E-state index in [1.807, 2.05) is 6.92 Å². The lowest BCUT2D eigenvalue weighted by Crippen LogP contribution is -2.64. The molecule has 2 aliphatic carbocycles. The molecule has 3 N–H and O–H groups in total. The van der Waals surface area contributed by atoms with Crippen molar-refractivity contribution in [3.63, 3.8) is 0 Å². The first-order valence-corrected chi connectivity index (χ1v) is 14.2. The van der Waals surface area contributed by atoms with Crippen LogP contribution in [0.3, 0.4) is 0 Å². The van der Waals surface area contributed by atoms with Gasteiger partial charge in [0.15, 0.2) is 0 Å². The normalized spacial score (nSPS) is 22.7. The number of unbranched alkanes of at least 4 members (excludes halogenated alkanes) is 1. The summed E-state index contributed by atoms with van der Waals surface area (Å²) in [5.74, 6) is -1.84. The molecule has 194 valence electrons. The lowest BCUT2D eigenvalue weighted by atomic mass is 9.81. The Balaban J connectivity index is 1.73. The molecule has 3 aliphatic rings. The van der Waals surface area contributed by atoms with E-state index in [1.54, 1.807) is 0 Å². The van der Waals surface area contributed by atoms with E-state index in [4.69, 9.17) is 4.74 Å². The van der Waals surface area contributed by atoms with Gasteiger partial charge in [-0.05, 0) is 32.1 Å². The number of amides is 2. The minimum Gasteiger partial charge on any atom is -0.379 e. The van der Waals surface area contributed by atoms with Crippen molar-refractivity contribution in [2.24, 2.45) is 0 Å². The van der Waals surface area contributed by atoms with E-state index < -0.39 is 39.4 Å². The fourth-order valence-corrected chi connectivity index (χ4v) is 6.64. The summed E-state index contributed by atoms with van der Waals surface area (Å²) in [6, 6.07) is -0.968. The standard InChI is InChI=1S/C23H40N4O6S/c1-2-3-11-19(20(28)21(29)24-18-9-5-6-10-18)25-22(30)23(12-7-4-8-13-23)26-34(31,32)27-14-16-33-17-15-27/h18-19,26H,2-17H2,1H3,(H,24,29)(H,25,30). The molecule has 1 unspecified atom stereocenters. The van der Waals surface area contributed by atoms with E-state index >= 15 is 0 Å². The first-order valence-electron chi connectivity index (χ1n) is 12.8. The molecule has 3 fully saturated rings. The third-order valence-corrected chi connectivity index (χ3v) is 8.85. The maximum absolute atomic E-state index is 13.6. The van der Waals surface area contributed by atoms with Crippen LogP contribution in [-0.2, 0) is 29.3 Å². The third kappa shape index (κ3) is 6.99. The number of hydrogen-bond donors (Lipinski definition) is 3. The van der Waals surface area contributed by atoms with Crippen molar-refractivity contribution in [2.45, 2.75) is 102 Å². The molecule has 10 nitrogen and oxygen atoms in total. The number of morpholine rings is 1. The van der Waals surface area contributed by atoms with Crippen molar-refractivity contribution in [2.75, 3.05) is 26.3 Å². The number of nitrogens with one attached hydrogen (secondary N) is 3. The highest BCUT2D eigenvalue weighted by Gasteiger charge is 2.45. The van der Waals surface area contributed by atoms with E-state index in [0.29, 0.717) is 51.7 Å². The topological polar surface area (TPSA) is 134 Å². The molecule has 0 aromatic heterocycles. The summed E-state index contributed by atoms with van der Waals surface area (Å²) in [6.45, 7) is 3.05. The van der Waals surface area contributed by atoms with E-state index in [2.05, 4.69) is 15.4 Å². The molecule has 11 heteroatoms. The predicted octanol–water partition coefficient (Wildman–Crippen LogP) is 1.16. The van der Waals surface area contributed by atoms with Gasteiger partial charge in [-0.3, -0.25) is 14.4 Å². The van der Waals surface area contributed by atoms with Gasteiger partial charge in [0.05, 0.1) is 19.3 Å². The van der Waals surface area contributed by atoms with Crippen LogP contribution in [0, 0.1) is 0 Å². The number of carbonyl (C=O) groups excluding carboxylic acids is 3. The minimum absolute atomic E-state index is 0.00370. The Bertz CT molecular complexity index is 815. The molecule has 3 rings (SSSR count). The molecule has 1 aliphatic heterocycles. The van der Waals surface area contributed by atoms with Gasteiger partial charge in [0.1, 0.15) is 5.54 Å². The van der Waals surface area contributed by atoms with Gasteiger partial charge in [-0.2, -0.15) is 17.4 Å².